The molecule has 2 aromatic rings. The monoisotopic (exact) mass is 295 g/mol. The topological polar surface area (TPSA) is 81.8 Å². The molecule has 1 aromatic carbocycles. The molecule has 104 valence electrons. The lowest BCUT2D eigenvalue weighted by molar-refractivity contribution is 0.0686. The quantitative estimate of drug-likeness (QED) is 0.917. The number of hydrogen-bond donors (Lipinski definition) is 1. The molecule has 0 spiro atoms. The molecule has 1 N–H and O–H groups in total. The third-order valence-corrected chi connectivity index (χ3v) is 3.47. The summed E-state index contributed by atoms with van der Waals surface area (Å²) in [7, 11) is 0. The fraction of sp³-hybridized carbons (Fsp3) is 0.231. The summed E-state index contributed by atoms with van der Waals surface area (Å²) in [6.07, 6.45) is 0. The lowest BCUT2D eigenvalue weighted by Gasteiger charge is -2.21. The van der Waals surface area contributed by atoms with Crippen LogP contribution in [0.1, 0.15) is 16.1 Å². The van der Waals surface area contributed by atoms with Crippen LogP contribution in [0.25, 0.3) is 11.3 Å². The predicted molar refractivity (Wildman–Crippen MR) is 69.6 cm³/mol. The smallest absolute Gasteiger partial charge is 0.358 e. The first-order chi connectivity index (χ1) is 9.58. The Bertz CT molecular complexity index is 694. The van der Waals surface area contributed by atoms with Crippen LogP contribution < -0.4 is 9.47 Å². The number of fused-ring (bicyclic) bond motifs is 1. The summed E-state index contributed by atoms with van der Waals surface area (Å²) < 4.78 is 16.1. The predicted octanol–water partition coefficient (Wildman–Crippen LogP) is 2.77. The van der Waals surface area contributed by atoms with Crippen molar-refractivity contribution in [1.29, 1.82) is 0 Å². The standard InChI is InChI=1S/C13H10ClNO5/c1-6-11(14)7(4-10-12(6)19-3-2-18-10)9-5-8(13(16)17)15-20-9/h4-5H,2-3H2,1H3,(H,16,17). The number of halogens is 1. The van der Waals surface area contributed by atoms with Crippen molar-refractivity contribution in [2.75, 3.05) is 13.2 Å². The van der Waals surface area contributed by atoms with Crippen LogP contribution in [0.4, 0.5) is 0 Å². The van der Waals surface area contributed by atoms with Gasteiger partial charge in [-0.05, 0) is 13.0 Å². The minimum Gasteiger partial charge on any atom is -0.486 e. The molecule has 0 saturated heterocycles. The third-order valence-electron chi connectivity index (χ3n) is 2.99. The number of carboxylic acid groups (broad SMARTS) is 1. The second-order valence-electron chi connectivity index (χ2n) is 4.27. The number of aromatic nitrogens is 1. The van der Waals surface area contributed by atoms with Gasteiger partial charge in [0.25, 0.3) is 0 Å². The van der Waals surface area contributed by atoms with Crippen LogP contribution >= 0.6 is 11.6 Å². The number of carbonyl (C=O) groups is 1. The molecule has 20 heavy (non-hydrogen) atoms. The highest BCUT2D eigenvalue weighted by molar-refractivity contribution is 6.34. The van der Waals surface area contributed by atoms with E-state index >= 15 is 0 Å². The van der Waals surface area contributed by atoms with Crippen molar-refractivity contribution >= 4 is 17.6 Å². The molecule has 0 saturated carbocycles. The van der Waals surface area contributed by atoms with E-state index in [1.807, 2.05) is 0 Å². The molecule has 0 unspecified atom stereocenters. The Labute approximate surface area is 118 Å². The van der Waals surface area contributed by atoms with Gasteiger partial charge in [-0.2, -0.15) is 0 Å². The van der Waals surface area contributed by atoms with Gasteiger partial charge in [-0.15, -0.1) is 0 Å². The fourth-order valence-electron chi connectivity index (χ4n) is 2.01. The molecule has 7 heteroatoms. The molecule has 1 aliphatic heterocycles. The second kappa shape index (κ2) is 4.72. The molecule has 0 bridgehead atoms. The normalized spacial score (nSPS) is 13.3. The Balaban J connectivity index is 2.13. The van der Waals surface area contributed by atoms with E-state index < -0.39 is 5.97 Å². The van der Waals surface area contributed by atoms with E-state index in [-0.39, 0.29) is 11.5 Å². The minimum absolute atomic E-state index is 0.177. The Kier molecular flexibility index (Phi) is 3.02. The van der Waals surface area contributed by atoms with Crippen LogP contribution in [0.3, 0.4) is 0 Å². The maximum Gasteiger partial charge on any atom is 0.358 e. The summed E-state index contributed by atoms with van der Waals surface area (Å²) in [5, 5.41) is 12.7. The van der Waals surface area contributed by atoms with Crippen LogP contribution in [0.2, 0.25) is 5.02 Å². The molecule has 0 amide bonds. The summed E-state index contributed by atoms with van der Waals surface area (Å²) in [4.78, 5) is 10.8. The van der Waals surface area contributed by atoms with Crippen molar-refractivity contribution in [3.8, 4) is 22.8 Å². The summed E-state index contributed by atoms with van der Waals surface area (Å²) in [6.45, 7) is 2.72. The highest BCUT2D eigenvalue weighted by atomic mass is 35.5. The summed E-state index contributed by atoms with van der Waals surface area (Å²) >= 11 is 6.28. The Hall–Kier alpha value is -2.21. The van der Waals surface area contributed by atoms with Gasteiger partial charge in [0.2, 0.25) is 0 Å². The van der Waals surface area contributed by atoms with Gasteiger partial charge in [0.05, 0.1) is 5.02 Å². The first kappa shape index (κ1) is 12.8. The van der Waals surface area contributed by atoms with Crippen molar-refractivity contribution in [2.24, 2.45) is 0 Å². The molecular formula is C13H10ClNO5. The Morgan fingerprint density at radius 2 is 2.10 bits per heavy atom. The fourth-order valence-corrected chi connectivity index (χ4v) is 2.24. The van der Waals surface area contributed by atoms with Gasteiger partial charge in [0, 0.05) is 17.2 Å². The Morgan fingerprint density at radius 1 is 1.35 bits per heavy atom. The third kappa shape index (κ3) is 1.98. The van der Waals surface area contributed by atoms with Crippen LogP contribution in [-0.4, -0.2) is 29.4 Å². The number of carboxylic acids is 1. The van der Waals surface area contributed by atoms with Crippen molar-refractivity contribution in [1.82, 2.24) is 5.16 Å². The molecule has 0 fully saturated rings. The molecule has 0 aliphatic carbocycles. The number of ether oxygens (including phenoxy) is 2. The van der Waals surface area contributed by atoms with Crippen LogP contribution in [0.15, 0.2) is 16.7 Å². The highest BCUT2D eigenvalue weighted by Gasteiger charge is 2.23. The number of rotatable bonds is 2. The van der Waals surface area contributed by atoms with E-state index in [0.717, 1.165) is 0 Å². The number of hydrogen-bond acceptors (Lipinski definition) is 5. The van der Waals surface area contributed by atoms with Gasteiger partial charge in [0.15, 0.2) is 23.0 Å². The first-order valence-electron chi connectivity index (χ1n) is 5.87. The van der Waals surface area contributed by atoms with Crippen molar-refractivity contribution < 1.29 is 23.9 Å². The van der Waals surface area contributed by atoms with Crippen molar-refractivity contribution in [3.63, 3.8) is 0 Å². The van der Waals surface area contributed by atoms with Gasteiger partial charge >= 0.3 is 5.97 Å². The Morgan fingerprint density at radius 3 is 2.80 bits per heavy atom. The summed E-state index contributed by atoms with van der Waals surface area (Å²) in [6, 6.07) is 2.98. The van der Waals surface area contributed by atoms with Crippen molar-refractivity contribution in [3.05, 3.63) is 28.4 Å². The molecule has 1 aliphatic rings. The van der Waals surface area contributed by atoms with E-state index in [1.54, 1.807) is 13.0 Å². The van der Waals surface area contributed by atoms with Gasteiger partial charge in [0.1, 0.15) is 13.2 Å². The molecule has 0 radical (unpaired) electrons. The number of aromatic carboxylic acids is 1. The van der Waals surface area contributed by atoms with Gasteiger partial charge in [-0.1, -0.05) is 16.8 Å². The molecule has 0 atom stereocenters. The van der Waals surface area contributed by atoms with Crippen LogP contribution in [0, 0.1) is 6.92 Å². The van der Waals surface area contributed by atoms with E-state index in [1.165, 1.54) is 6.07 Å². The average Bonchev–Trinajstić information content (AvgIpc) is 2.92. The van der Waals surface area contributed by atoms with Crippen LogP contribution in [0.5, 0.6) is 11.5 Å². The van der Waals surface area contributed by atoms with E-state index in [0.29, 0.717) is 40.9 Å². The number of nitrogens with zero attached hydrogens (tertiary/aromatic N) is 1. The van der Waals surface area contributed by atoms with E-state index in [4.69, 9.17) is 30.7 Å². The lowest BCUT2D eigenvalue weighted by atomic mass is 10.1. The molecule has 1 aromatic heterocycles. The minimum atomic E-state index is -1.16. The molecular weight excluding hydrogens is 286 g/mol. The van der Waals surface area contributed by atoms with Gasteiger partial charge < -0.3 is 19.1 Å². The zero-order valence-electron chi connectivity index (χ0n) is 10.5. The lowest BCUT2D eigenvalue weighted by Crippen LogP contribution is -2.16. The molecule has 6 nitrogen and oxygen atoms in total. The highest BCUT2D eigenvalue weighted by Crippen LogP contribution is 2.43. The SMILES string of the molecule is Cc1c(Cl)c(-c2cc(C(=O)O)no2)cc2c1OCCO2. The van der Waals surface area contributed by atoms with Gasteiger partial charge in [-0.3, -0.25) is 0 Å². The summed E-state index contributed by atoms with van der Waals surface area (Å²) in [5.41, 5.74) is 1.06. The summed E-state index contributed by atoms with van der Waals surface area (Å²) in [5.74, 6) is 0.266. The van der Waals surface area contributed by atoms with Gasteiger partial charge in [-0.25, -0.2) is 4.79 Å². The van der Waals surface area contributed by atoms with E-state index in [9.17, 15) is 4.79 Å². The second-order valence-corrected chi connectivity index (χ2v) is 4.65. The molecule has 2 heterocycles. The molecule has 3 rings (SSSR count). The largest absolute Gasteiger partial charge is 0.486 e. The average molecular weight is 296 g/mol. The van der Waals surface area contributed by atoms with Crippen molar-refractivity contribution in [2.45, 2.75) is 6.92 Å². The first-order valence-corrected chi connectivity index (χ1v) is 6.25. The van der Waals surface area contributed by atoms with E-state index in [2.05, 4.69) is 5.16 Å². The van der Waals surface area contributed by atoms with Crippen LogP contribution in [-0.2, 0) is 0 Å². The maximum atomic E-state index is 10.8. The number of benzene rings is 1. The zero-order valence-corrected chi connectivity index (χ0v) is 11.2. The zero-order chi connectivity index (χ0) is 14.3. The maximum absolute atomic E-state index is 10.8.